The fraction of sp³-hybridized carbons (Fsp3) is 0.385. The van der Waals surface area contributed by atoms with Crippen LogP contribution in [0.15, 0.2) is 42.5 Å². The van der Waals surface area contributed by atoms with Gasteiger partial charge in [-0.25, -0.2) is 9.59 Å². The van der Waals surface area contributed by atoms with E-state index in [4.69, 9.17) is 14.2 Å². The van der Waals surface area contributed by atoms with Crippen LogP contribution in [0.5, 0.6) is 11.5 Å². The number of nitrogens with one attached hydrogen (secondary N) is 1. The summed E-state index contributed by atoms with van der Waals surface area (Å²) in [6.45, 7) is 2.95. The number of ether oxygens (including phenoxy) is 4. The lowest BCUT2D eigenvalue weighted by atomic mass is 10.1. The van der Waals surface area contributed by atoms with Gasteiger partial charge in [-0.2, -0.15) is 0 Å². The molecular weight excluding hydrogens is 468 g/mol. The number of rotatable bonds is 10. The number of amides is 2. The Kier molecular flexibility index (Phi) is 9.67. The zero-order chi connectivity index (χ0) is 25.9. The molecule has 0 aromatic heterocycles. The van der Waals surface area contributed by atoms with Crippen LogP contribution >= 0.6 is 0 Å². The van der Waals surface area contributed by atoms with Crippen LogP contribution in [0, 0.1) is 0 Å². The minimum atomic E-state index is -0.719. The third-order valence-electron chi connectivity index (χ3n) is 5.46. The summed E-state index contributed by atoms with van der Waals surface area (Å²) in [5.74, 6) is -1.20. The molecule has 192 valence electrons. The van der Waals surface area contributed by atoms with E-state index in [0.717, 1.165) is 32.4 Å². The van der Waals surface area contributed by atoms with Crippen LogP contribution < -0.4 is 14.8 Å². The minimum absolute atomic E-state index is 0.0911. The first-order valence-electron chi connectivity index (χ1n) is 11.7. The van der Waals surface area contributed by atoms with Gasteiger partial charge in [-0.3, -0.25) is 9.59 Å². The van der Waals surface area contributed by atoms with E-state index in [-0.39, 0.29) is 18.1 Å². The third-order valence-corrected chi connectivity index (χ3v) is 5.46. The van der Waals surface area contributed by atoms with Gasteiger partial charge in [0.1, 0.15) is 0 Å². The lowest BCUT2D eigenvalue weighted by molar-refractivity contribution is -0.134. The fourth-order valence-electron chi connectivity index (χ4n) is 3.62. The smallest absolute Gasteiger partial charge is 0.338 e. The summed E-state index contributed by atoms with van der Waals surface area (Å²) in [6.07, 6.45) is 3.11. The molecule has 2 aromatic rings. The predicted molar refractivity (Wildman–Crippen MR) is 130 cm³/mol. The zero-order valence-electron chi connectivity index (χ0n) is 20.4. The van der Waals surface area contributed by atoms with Crippen molar-refractivity contribution < 1.29 is 38.1 Å². The van der Waals surface area contributed by atoms with Gasteiger partial charge in [0.15, 0.2) is 24.7 Å². The van der Waals surface area contributed by atoms with Gasteiger partial charge in [-0.1, -0.05) is 0 Å². The van der Waals surface area contributed by atoms with Crippen LogP contribution in [-0.4, -0.2) is 68.7 Å². The largest absolute Gasteiger partial charge is 0.490 e. The molecule has 0 saturated carbocycles. The Morgan fingerprint density at radius 2 is 1.53 bits per heavy atom. The second-order valence-electron chi connectivity index (χ2n) is 8.02. The van der Waals surface area contributed by atoms with E-state index >= 15 is 0 Å². The first kappa shape index (κ1) is 26.5. The highest BCUT2D eigenvalue weighted by atomic mass is 16.5. The lowest BCUT2D eigenvalue weighted by Crippen LogP contribution is -2.38. The molecule has 10 heteroatoms. The second-order valence-corrected chi connectivity index (χ2v) is 8.02. The number of piperidine rings is 1. The quantitative estimate of drug-likeness (QED) is 0.496. The van der Waals surface area contributed by atoms with Crippen LogP contribution in [0.4, 0.5) is 5.69 Å². The van der Waals surface area contributed by atoms with E-state index in [1.165, 1.54) is 49.6 Å². The molecule has 1 fully saturated rings. The molecule has 0 bridgehead atoms. The number of anilines is 1. The highest BCUT2D eigenvalue weighted by molar-refractivity contribution is 5.96. The summed E-state index contributed by atoms with van der Waals surface area (Å²) in [4.78, 5) is 50.3. The second kappa shape index (κ2) is 13.1. The molecule has 1 aliphatic heterocycles. The van der Waals surface area contributed by atoms with Crippen molar-refractivity contribution in [1.82, 2.24) is 4.90 Å². The maximum Gasteiger partial charge on any atom is 0.338 e. The van der Waals surface area contributed by atoms with Crippen molar-refractivity contribution in [2.75, 3.05) is 45.3 Å². The number of hydrogen-bond acceptors (Lipinski definition) is 8. The van der Waals surface area contributed by atoms with Crippen LogP contribution in [0.3, 0.4) is 0 Å². The van der Waals surface area contributed by atoms with Crippen molar-refractivity contribution in [3.05, 3.63) is 53.6 Å². The number of hydrogen-bond donors (Lipinski definition) is 1. The van der Waals surface area contributed by atoms with E-state index in [1.807, 2.05) is 0 Å². The number of methoxy groups -OCH3 is 1. The molecule has 0 atom stereocenters. The molecule has 2 aromatic carbocycles. The van der Waals surface area contributed by atoms with Gasteiger partial charge in [-0.05, 0) is 68.7 Å². The number of carbonyl (C=O) groups excluding carboxylic acids is 4. The number of esters is 2. The van der Waals surface area contributed by atoms with Gasteiger partial charge in [0.25, 0.3) is 11.8 Å². The maximum atomic E-state index is 12.5. The Morgan fingerprint density at radius 1 is 0.833 bits per heavy atom. The molecular formula is C26H30N2O8. The SMILES string of the molecule is CCOc1cc(C(=O)OCC(=O)Nc2ccc(C(=O)OC)cc2)ccc1OCC(=O)N1CCCCC1. The standard InChI is InChI=1S/C26H30N2O8/c1-3-34-22-15-19(9-12-21(22)35-17-24(30)28-13-5-4-6-14-28)26(32)36-16-23(29)27-20-10-7-18(8-11-20)25(31)33-2/h7-12,15H,3-6,13-14,16-17H2,1-2H3,(H,27,29). The van der Waals surface area contributed by atoms with E-state index in [0.29, 0.717) is 29.4 Å². The average Bonchev–Trinajstić information content (AvgIpc) is 2.91. The van der Waals surface area contributed by atoms with Gasteiger partial charge in [-0.15, -0.1) is 0 Å². The monoisotopic (exact) mass is 498 g/mol. The molecule has 2 amide bonds. The van der Waals surface area contributed by atoms with Crippen molar-refractivity contribution in [1.29, 1.82) is 0 Å². The van der Waals surface area contributed by atoms with Crippen molar-refractivity contribution in [2.24, 2.45) is 0 Å². The summed E-state index contributed by atoms with van der Waals surface area (Å²) in [5, 5.41) is 2.58. The summed E-state index contributed by atoms with van der Waals surface area (Å²) >= 11 is 0. The third kappa shape index (κ3) is 7.46. The van der Waals surface area contributed by atoms with E-state index < -0.39 is 24.5 Å². The first-order valence-corrected chi connectivity index (χ1v) is 11.7. The minimum Gasteiger partial charge on any atom is -0.490 e. The summed E-state index contributed by atoms with van der Waals surface area (Å²) in [7, 11) is 1.28. The molecule has 0 spiro atoms. The number of benzene rings is 2. The molecule has 10 nitrogen and oxygen atoms in total. The topological polar surface area (TPSA) is 120 Å². The first-order chi connectivity index (χ1) is 17.4. The van der Waals surface area contributed by atoms with Crippen LogP contribution in [0.2, 0.25) is 0 Å². The highest BCUT2D eigenvalue weighted by Crippen LogP contribution is 2.29. The Bertz CT molecular complexity index is 1080. The molecule has 0 radical (unpaired) electrons. The van der Waals surface area contributed by atoms with Crippen LogP contribution in [-0.2, 0) is 19.1 Å². The molecule has 0 aliphatic carbocycles. The van der Waals surface area contributed by atoms with Gasteiger partial charge < -0.3 is 29.2 Å². The summed E-state index contributed by atoms with van der Waals surface area (Å²) < 4.78 is 21.0. The van der Waals surface area contributed by atoms with Crippen LogP contribution in [0.25, 0.3) is 0 Å². The molecule has 1 saturated heterocycles. The Hall–Kier alpha value is -4.08. The Morgan fingerprint density at radius 3 is 2.19 bits per heavy atom. The van der Waals surface area contributed by atoms with Gasteiger partial charge in [0.05, 0.1) is 24.8 Å². The average molecular weight is 499 g/mol. The van der Waals surface area contributed by atoms with Crippen molar-refractivity contribution in [3.63, 3.8) is 0 Å². The lowest BCUT2D eigenvalue weighted by Gasteiger charge is -2.26. The normalized spacial score (nSPS) is 12.9. The molecule has 1 N–H and O–H groups in total. The zero-order valence-corrected chi connectivity index (χ0v) is 20.4. The summed E-state index contributed by atoms with van der Waals surface area (Å²) in [6, 6.07) is 10.6. The molecule has 1 aliphatic rings. The predicted octanol–water partition coefficient (Wildman–Crippen LogP) is 3.06. The Labute approximate surface area is 209 Å². The number of nitrogens with zero attached hydrogens (tertiary/aromatic N) is 1. The number of likely N-dealkylation sites (tertiary alicyclic amines) is 1. The Balaban J connectivity index is 1.53. The molecule has 0 unspecified atom stereocenters. The van der Waals surface area contributed by atoms with E-state index in [1.54, 1.807) is 11.8 Å². The molecule has 3 rings (SSSR count). The van der Waals surface area contributed by atoms with Gasteiger partial charge in [0, 0.05) is 18.8 Å². The number of carbonyl (C=O) groups is 4. The highest BCUT2D eigenvalue weighted by Gasteiger charge is 2.19. The van der Waals surface area contributed by atoms with Gasteiger partial charge in [0.2, 0.25) is 0 Å². The molecule has 36 heavy (non-hydrogen) atoms. The maximum absolute atomic E-state index is 12.5. The van der Waals surface area contributed by atoms with Crippen LogP contribution in [0.1, 0.15) is 46.9 Å². The van der Waals surface area contributed by atoms with E-state index in [2.05, 4.69) is 10.1 Å². The van der Waals surface area contributed by atoms with Crippen molar-refractivity contribution in [3.8, 4) is 11.5 Å². The summed E-state index contributed by atoms with van der Waals surface area (Å²) in [5.41, 5.74) is 0.946. The van der Waals surface area contributed by atoms with Crippen molar-refractivity contribution in [2.45, 2.75) is 26.2 Å². The fourth-order valence-corrected chi connectivity index (χ4v) is 3.62. The van der Waals surface area contributed by atoms with E-state index in [9.17, 15) is 19.2 Å². The molecule has 1 heterocycles. The van der Waals surface area contributed by atoms with Gasteiger partial charge >= 0.3 is 11.9 Å². The van der Waals surface area contributed by atoms with Crippen molar-refractivity contribution >= 4 is 29.4 Å².